The smallest absolute Gasteiger partial charge is 0.311 e. The lowest BCUT2D eigenvalue weighted by Crippen LogP contribution is -2.45. The van der Waals surface area contributed by atoms with Crippen LogP contribution in [0.15, 0.2) is 24.3 Å². The minimum Gasteiger partial charge on any atom is -0.455 e. The van der Waals surface area contributed by atoms with Crippen LogP contribution >= 0.6 is 0 Å². The number of anilines is 2. The molecule has 2 N–H and O–H groups in total. The SMILES string of the molecule is CC(=O)Nc1cccc(NC(=O)COC(=O)[C@@H]2CC(=O)N([C@H]3CCC[C@H](C)[C@H]3C)C2)c1. The molecular formula is C23H31N3O5. The highest BCUT2D eigenvalue weighted by atomic mass is 16.5. The fourth-order valence-corrected chi connectivity index (χ4v) is 4.53. The maximum absolute atomic E-state index is 12.5. The molecule has 2 fully saturated rings. The Morgan fingerprint density at radius 2 is 1.84 bits per heavy atom. The average Bonchev–Trinajstić information content (AvgIpc) is 3.09. The number of rotatable bonds is 6. The van der Waals surface area contributed by atoms with Gasteiger partial charge in [-0.3, -0.25) is 19.2 Å². The molecule has 1 aliphatic heterocycles. The number of carbonyl (C=O) groups is 4. The molecular weight excluding hydrogens is 398 g/mol. The second kappa shape index (κ2) is 9.94. The Morgan fingerprint density at radius 3 is 2.55 bits per heavy atom. The molecule has 1 aromatic carbocycles. The molecule has 1 saturated heterocycles. The molecule has 4 atom stereocenters. The molecule has 8 nitrogen and oxygen atoms in total. The number of hydrogen-bond acceptors (Lipinski definition) is 5. The van der Waals surface area contributed by atoms with Crippen molar-refractivity contribution >= 4 is 35.1 Å². The minimum absolute atomic E-state index is 0.00728. The van der Waals surface area contributed by atoms with E-state index in [4.69, 9.17) is 4.74 Å². The summed E-state index contributed by atoms with van der Waals surface area (Å²) in [4.78, 5) is 50.2. The van der Waals surface area contributed by atoms with Crippen molar-refractivity contribution in [1.82, 2.24) is 4.90 Å². The zero-order valence-corrected chi connectivity index (χ0v) is 18.3. The molecule has 2 aliphatic rings. The van der Waals surface area contributed by atoms with Gasteiger partial charge in [-0.25, -0.2) is 0 Å². The van der Waals surface area contributed by atoms with Gasteiger partial charge in [0.15, 0.2) is 6.61 Å². The first-order valence-electron chi connectivity index (χ1n) is 10.9. The van der Waals surface area contributed by atoms with Crippen LogP contribution in [0.1, 0.15) is 46.5 Å². The number of carbonyl (C=O) groups excluding carboxylic acids is 4. The fraction of sp³-hybridized carbons (Fsp3) is 0.565. The zero-order chi connectivity index (χ0) is 22.5. The van der Waals surface area contributed by atoms with E-state index in [1.165, 1.54) is 13.3 Å². The van der Waals surface area contributed by atoms with Gasteiger partial charge in [-0.1, -0.05) is 32.8 Å². The highest BCUT2D eigenvalue weighted by molar-refractivity contribution is 5.95. The third kappa shape index (κ3) is 5.83. The van der Waals surface area contributed by atoms with Crippen LogP contribution in [-0.4, -0.2) is 47.8 Å². The van der Waals surface area contributed by atoms with Crippen LogP contribution in [0.4, 0.5) is 11.4 Å². The Morgan fingerprint density at radius 1 is 1.13 bits per heavy atom. The summed E-state index contributed by atoms with van der Waals surface area (Å²) in [5.41, 5.74) is 1.04. The van der Waals surface area contributed by atoms with Crippen molar-refractivity contribution in [3.63, 3.8) is 0 Å². The van der Waals surface area contributed by atoms with Crippen LogP contribution in [0.5, 0.6) is 0 Å². The van der Waals surface area contributed by atoms with Crippen LogP contribution in [0.3, 0.4) is 0 Å². The van der Waals surface area contributed by atoms with Gasteiger partial charge in [0.05, 0.1) is 5.92 Å². The maximum atomic E-state index is 12.5. The van der Waals surface area contributed by atoms with Crippen molar-refractivity contribution in [2.75, 3.05) is 23.8 Å². The van der Waals surface area contributed by atoms with Gasteiger partial charge in [0, 0.05) is 37.3 Å². The second-order valence-electron chi connectivity index (χ2n) is 8.70. The molecule has 0 unspecified atom stereocenters. The maximum Gasteiger partial charge on any atom is 0.311 e. The van der Waals surface area contributed by atoms with E-state index in [-0.39, 0.29) is 24.3 Å². The molecule has 168 valence electrons. The Labute approximate surface area is 182 Å². The normalized spacial score (nSPS) is 25.8. The van der Waals surface area contributed by atoms with Crippen molar-refractivity contribution in [3.8, 4) is 0 Å². The lowest BCUT2D eigenvalue weighted by Gasteiger charge is -2.39. The fourth-order valence-electron chi connectivity index (χ4n) is 4.53. The van der Waals surface area contributed by atoms with E-state index in [0.29, 0.717) is 29.8 Å². The van der Waals surface area contributed by atoms with Gasteiger partial charge in [-0.15, -0.1) is 0 Å². The van der Waals surface area contributed by atoms with E-state index in [9.17, 15) is 19.2 Å². The largest absolute Gasteiger partial charge is 0.455 e. The highest BCUT2D eigenvalue weighted by Crippen LogP contribution is 2.35. The Balaban J connectivity index is 1.49. The van der Waals surface area contributed by atoms with Crippen LogP contribution < -0.4 is 10.6 Å². The topological polar surface area (TPSA) is 105 Å². The molecule has 8 heteroatoms. The minimum atomic E-state index is -0.534. The molecule has 1 aliphatic carbocycles. The van der Waals surface area contributed by atoms with E-state index < -0.39 is 24.4 Å². The number of amides is 3. The van der Waals surface area contributed by atoms with Crippen LogP contribution in [0, 0.1) is 17.8 Å². The molecule has 0 spiro atoms. The average molecular weight is 430 g/mol. The van der Waals surface area contributed by atoms with Crippen LogP contribution in [0.25, 0.3) is 0 Å². The number of nitrogens with one attached hydrogen (secondary N) is 2. The first-order valence-corrected chi connectivity index (χ1v) is 10.9. The molecule has 3 amide bonds. The second-order valence-corrected chi connectivity index (χ2v) is 8.70. The molecule has 1 saturated carbocycles. The lowest BCUT2D eigenvalue weighted by atomic mass is 9.77. The van der Waals surface area contributed by atoms with Crippen molar-refractivity contribution < 1.29 is 23.9 Å². The third-order valence-corrected chi connectivity index (χ3v) is 6.37. The molecule has 1 aromatic rings. The molecule has 1 heterocycles. The summed E-state index contributed by atoms with van der Waals surface area (Å²) >= 11 is 0. The number of esters is 1. The summed E-state index contributed by atoms with van der Waals surface area (Å²) in [6.07, 6.45) is 3.38. The molecule has 0 aromatic heterocycles. The van der Waals surface area contributed by atoms with E-state index in [0.717, 1.165) is 12.8 Å². The number of ether oxygens (including phenoxy) is 1. The van der Waals surface area contributed by atoms with Gasteiger partial charge < -0.3 is 20.3 Å². The van der Waals surface area contributed by atoms with Gasteiger partial charge in [0.1, 0.15) is 0 Å². The molecule has 3 rings (SSSR count). The van der Waals surface area contributed by atoms with Crippen molar-refractivity contribution in [2.24, 2.45) is 17.8 Å². The van der Waals surface area contributed by atoms with Gasteiger partial charge in [0.2, 0.25) is 11.8 Å². The summed E-state index contributed by atoms with van der Waals surface area (Å²) in [7, 11) is 0. The summed E-state index contributed by atoms with van der Waals surface area (Å²) < 4.78 is 5.19. The summed E-state index contributed by atoms with van der Waals surface area (Å²) in [5.74, 6) is -0.787. The first kappa shape index (κ1) is 22.8. The van der Waals surface area contributed by atoms with Gasteiger partial charge in [-0.05, 0) is 36.5 Å². The van der Waals surface area contributed by atoms with Gasteiger partial charge >= 0.3 is 5.97 Å². The number of benzene rings is 1. The van der Waals surface area contributed by atoms with E-state index >= 15 is 0 Å². The Bertz CT molecular complexity index is 855. The summed E-state index contributed by atoms with van der Waals surface area (Å²) in [6.45, 7) is 5.73. The molecule has 0 bridgehead atoms. The van der Waals surface area contributed by atoms with Crippen molar-refractivity contribution in [3.05, 3.63) is 24.3 Å². The number of hydrogen-bond donors (Lipinski definition) is 2. The summed E-state index contributed by atoms with van der Waals surface area (Å²) in [5, 5.41) is 5.27. The quantitative estimate of drug-likeness (QED) is 0.677. The van der Waals surface area contributed by atoms with Gasteiger partial charge in [-0.2, -0.15) is 0 Å². The Hall–Kier alpha value is -2.90. The van der Waals surface area contributed by atoms with Gasteiger partial charge in [0.25, 0.3) is 5.91 Å². The lowest BCUT2D eigenvalue weighted by molar-refractivity contribution is -0.151. The summed E-state index contributed by atoms with van der Waals surface area (Å²) in [6, 6.07) is 6.85. The molecule has 0 radical (unpaired) electrons. The highest BCUT2D eigenvalue weighted by Gasteiger charge is 2.42. The van der Waals surface area contributed by atoms with E-state index in [1.807, 2.05) is 4.90 Å². The zero-order valence-electron chi connectivity index (χ0n) is 18.3. The predicted octanol–water partition coefficient (Wildman–Crippen LogP) is 2.80. The first-order chi connectivity index (χ1) is 14.7. The predicted molar refractivity (Wildman–Crippen MR) is 116 cm³/mol. The standard InChI is InChI=1S/C23H31N3O5/c1-14-6-4-9-20(15(14)2)26-12-17(10-22(26)29)23(30)31-13-21(28)25-19-8-5-7-18(11-19)24-16(3)27/h5,7-8,11,14-15,17,20H,4,6,9-10,12-13H2,1-3H3,(H,24,27)(H,25,28)/t14-,15+,17+,20-/m0/s1. The Kier molecular flexibility index (Phi) is 7.30. The van der Waals surface area contributed by atoms with Crippen LogP contribution in [0.2, 0.25) is 0 Å². The van der Waals surface area contributed by atoms with Crippen molar-refractivity contribution in [2.45, 2.75) is 52.5 Å². The molecule has 31 heavy (non-hydrogen) atoms. The monoisotopic (exact) mass is 429 g/mol. The van der Waals surface area contributed by atoms with E-state index in [1.54, 1.807) is 24.3 Å². The van der Waals surface area contributed by atoms with Crippen molar-refractivity contribution in [1.29, 1.82) is 0 Å². The number of nitrogens with zero attached hydrogens (tertiary/aromatic N) is 1. The third-order valence-electron chi connectivity index (χ3n) is 6.37. The number of likely N-dealkylation sites (tertiary alicyclic amines) is 1. The van der Waals surface area contributed by atoms with E-state index in [2.05, 4.69) is 24.5 Å². The van der Waals surface area contributed by atoms with Crippen LogP contribution in [-0.2, 0) is 23.9 Å².